The molecule has 34 heavy (non-hydrogen) atoms. The lowest BCUT2D eigenvalue weighted by Gasteiger charge is -2.31. The van der Waals surface area contributed by atoms with Crippen LogP contribution >= 0.6 is 0 Å². The number of pyridine rings is 1. The molecule has 5 rings (SSSR count). The number of anilines is 2. The van der Waals surface area contributed by atoms with Crippen molar-refractivity contribution < 1.29 is 9.53 Å². The Morgan fingerprint density at radius 2 is 1.53 bits per heavy atom. The molecule has 1 aliphatic heterocycles. The number of nitrogens with zero attached hydrogens (tertiary/aromatic N) is 4. The van der Waals surface area contributed by atoms with Gasteiger partial charge in [-0.2, -0.15) is 0 Å². The van der Waals surface area contributed by atoms with Crippen molar-refractivity contribution in [2.45, 2.75) is 12.8 Å². The van der Waals surface area contributed by atoms with Gasteiger partial charge in [0.1, 0.15) is 11.5 Å². The molecular weight excluding hydrogens is 426 g/mol. The van der Waals surface area contributed by atoms with E-state index in [0.29, 0.717) is 0 Å². The van der Waals surface area contributed by atoms with Crippen LogP contribution in [0.25, 0.3) is 11.3 Å². The van der Waals surface area contributed by atoms with Crippen LogP contribution in [0, 0.1) is 5.92 Å². The molecule has 0 saturated carbocycles. The maximum Gasteiger partial charge on any atom is 0.227 e. The average Bonchev–Trinajstić information content (AvgIpc) is 2.91. The van der Waals surface area contributed by atoms with Gasteiger partial charge in [0.15, 0.2) is 5.82 Å². The zero-order valence-electron chi connectivity index (χ0n) is 18.7. The third-order valence-electron chi connectivity index (χ3n) is 5.92. The van der Waals surface area contributed by atoms with Crippen LogP contribution in [0.4, 0.5) is 11.5 Å². The Kier molecular flexibility index (Phi) is 6.42. The molecule has 1 N–H and O–H groups in total. The van der Waals surface area contributed by atoms with E-state index in [4.69, 9.17) is 4.74 Å². The van der Waals surface area contributed by atoms with Gasteiger partial charge in [-0.15, -0.1) is 10.2 Å². The first-order chi connectivity index (χ1) is 16.7. The predicted molar refractivity (Wildman–Crippen MR) is 132 cm³/mol. The molecule has 0 unspecified atom stereocenters. The van der Waals surface area contributed by atoms with Crippen molar-refractivity contribution >= 4 is 17.4 Å². The Bertz CT molecular complexity index is 1210. The largest absolute Gasteiger partial charge is 0.457 e. The number of hydrogen-bond donors (Lipinski definition) is 1. The minimum atomic E-state index is -0.0273. The molecule has 2 aromatic carbocycles. The molecule has 1 saturated heterocycles. The van der Waals surface area contributed by atoms with Gasteiger partial charge in [-0.05, 0) is 73.5 Å². The van der Waals surface area contributed by atoms with Crippen LogP contribution in [0.3, 0.4) is 0 Å². The molecular formula is C27H25N5O2. The number of hydrogen-bond acceptors (Lipinski definition) is 6. The summed E-state index contributed by atoms with van der Waals surface area (Å²) in [7, 11) is 0. The Morgan fingerprint density at radius 3 is 2.21 bits per heavy atom. The summed E-state index contributed by atoms with van der Waals surface area (Å²) in [5, 5.41) is 11.8. The molecule has 4 aromatic rings. The Hall–Kier alpha value is -4.26. The van der Waals surface area contributed by atoms with Gasteiger partial charge in [-0.1, -0.05) is 18.2 Å². The highest BCUT2D eigenvalue weighted by molar-refractivity contribution is 5.92. The number of carbonyl (C=O) groups excluding carboxylic acids is 1. The first-order valence-corrected chi connectivity index (χ1v) is 11.4. The normalized spacial score (nSPS) is 13.9. The monoisotopic (exact) mass is 451 g/mol. The van der Waals surface area contributed by atoms with Crippen molar-refractivity contribution in [2.24, 2.45) is 5.92 Å². The van der Waals surface area contributed by atoms with Gasteiger partial charge in [0.2, 0.25) is 5.91 Å². The third kappa shape index (κ3) is 5.20. The van der Waals surface area contributed by atoms with Crippen molar-refractivity contribution in [3.63, 3.8) is 0 Å². The van der Waals surface area contributed by atoms with Crippen LogP contribution in [0.2, 0.25) is 0 Å². The zero-order chi connectivity index (χ0) is 23.2. The molecule has 7 nitrogen and oxygen atoms in total. The van der Waals surface area contributed by atoms with Crippen LogP contribution < -0.4 is 15.0 Å². The number of ether oxygens (including phenoxy) is 1. The number of para-hydroxylation sites is 1. The molecule has 7 heteroatoms. The Morgan fingerprint density at radius 1 is 0.824 bits per heavy atom. The summed E-state index contributed by atoms with van der Waals surface area (Å²) in [5.74, 6) is 2.37. The molecule has 0 spiro atoms. The number of piperidine rings is 1. The minimum Gasteiger partial charge on any atom is -0.457 e. The Labute approximate surface area is 198 Å². The minimum absolute atomic E-state index is 0.0273. The average molecular weight is 452 g/mol. The van der Waals surface area contributed by atoms with Crippen LogP contribution in [0.5, 0.6) is 11.5 Å². The summed E-state index contributed by atoms with van der Waals surface area (Å²) in [6.07, 6.45) is 5.03. The third-order valence-corrected chi connectivity index (χ3v) is 5.92. The van der Waals surface area contributed by atoms with E-state index in [9.17, 15) is 4.79 Å². The maximum absolute atomic E-state index is 12.8. The van der Waals surface area contributed by atoms with Crippen molar-refractivity contribution in [2.75, 3.05) is 23.3 Å². The number of carbonyl (C=O) groups is 1. The number of nitrogens with one attached hydrogen (secondary N) is 1. The van der Waals surface area contributed by atoms with E-state index in [-0.39, 0.29) is 11.8 Å². The number of amides is 1. The quantitative estimate of drug-likeness (QED) is 0.435. The number of aromatic nitrogens is 3. The SMILES string of the molecule is O=C(Nc1ccc(Oc2ccccc2)cc1)C1CCN(c2ccc(-c3ccncc3)nn2)CC1. The zero-order valence-corrected chi connectivity index (χ0v) is 18.7. The van der Waals surface area contributed by atoms with Crippen molar-refractivity contribution in [3.8, 4) is 22.8 Å². The lowest BCUT2D eigenvalue weighted by molar-refractivity contribution is -0.120. The fourth-order valence-electron chi connectivity index (χ4n) is 4.02. The van der Waals surface area contributed by atoms with Gasteiger partial charge in [-0.3, -0.25) is 9.78 Å². The van der Waals surface area contributed by atoms with E-state index in [1.54, 1.807) is 12.4 Å². The van der Waals surface area contributed by atoms with E-state index in [0.717, 1.165) is 60.2 Å². The number of benzene rings is 2. The molecule has 1 aliphatic rings. The predicted octanol–water partition coefficient (Wildman–Crippen LogP) is 5.19. The first-order valence-electron chi connectivity index (χ1n) is 11.4. The number of rotatable bonds is 6. The molecule has 0 radical (unpaired) electrons. The molecule has 1 fully saturated rings. The van der Waals surface area contributed by atoms with E-state index in [1.807, 2.05) is 78.9 Å². The molecule has 170 valence electrons. The summed E-state index contributed by atoms with van der Waals surface area (Å²) in [4.78, 5) is 19.0. The smallest absolute Gasteiger partial charge is 0.227 e. The first kappa shape index (κ1) is 21.6. The summed E-state index contributed by atoms with van der Waals surface area (Å²) in [5.41, 5.74) is 2.58. The second-order valence-electron chi connectivity index (χ2n) is 8.20. The second-order valence-corrected chi connectivity index (χ2v) is 8.20. The summed E-state index contributed by atoms with van der Waals surface area (Å²) < 4.78 is 5.81. The highest BCUT2D eigenvalue weighted by atomic mass is 16.5. The topological polar surface area (TPSA) is 80.2 Å². The van der Waals surface area contributed by atoms with Gasteiger partial charge in [0.25, 0.3) is 0 Å². The summed E-state index contributed by atoms with van der Waals surface area (Å²) >= 11 is 0. The standard InChI is InChI=1S/C27H25N5O2/c33-27(29-22-6-8-24(9-7-22)34-23-4-2-1-3-5-23)21-14-18-32(19-15-21)26-11-10-25(30-31-26)20-12-16-28-17-13-20/h1-13,16-17,21H,14-15,18-19H2,(H,29,33). The second kappa shape index (κ2) is 10.1. The van der Waals surface area contributed by atoms with E-state index >= 15 is 0 Å². The summed E-state index contributed by atoms with van der Waals surface area (Å²) in [6.45, 7) is 1.54. The highest BCUT2D eigenvalue weighted by Crippen LogP contribution is 2.26. The van der Waals surface area contributed by atoms with Crippen molar-refractivity contribution in [1.82, 2.24) is 15.2 Å². The van der Waals surface area contributed by atoms with Crippen LogP contribution in [-0.4, -0.2) is 34.2 Å². The van der Waals surface area contributed by atoms with Gasteiger partial charge >= 0.3 is 0 Å². The molecule has 1 amide bonds. The van der Waals surface area contributed by atoms with Crippen molar-refractivity contribution in [1.29, 1.82) is 0 Å². The highest BCUT2D eigenvalue weighted by Gasteiger charge is 2.26. The fraction of sp³-hybridized carbons (Fsp3) is 0.185. The lowest BCUT2D eigenvalue weighted by atomic mass is 9.96. The van der Waals surface area contributed by atoms with Crippen LogP contribution in [0.15, 0.2) is 91.3 Å². The van der Waals surface area contributed by atoms with E-state index in [2.05, 4.69) is 25.4 Å². The fourth-order valence-corrected chi connectivity index (χ4v) is 4.02. The van der Waals surface area contributed by atoms with E-state index in [1.165, 1.54) is 0 Å². The van der Waals surface area contributed by atoms with Gasteiger partial charge in [-0.25, -0.2) is 0 Å². The van der Waals surface area contributed by atoms with Gasteiger partial charge < -0.3 is 15.0 Å². The molecule has 2 aromatic heterocycles. The van der Waals surface area contributed by atoms with Crippen LogP contribution in [-0.2, 0) is 4.79 Å². The van der Waals surface area contributed by atoms with Gasteiger partial charge in [0, 0.05) is 42.7 Å². The molecule has 0 bridgehead atoms. The maximum atomic E-state index is 12.8. The molecule has 0 aliphatic carbocycles. The Balaban J connectivity index is 1.12. The molecule has 3 heterocycles. The van der Waals surface area contributed by atoms with E-state index < -0.39 is 0 Å². The lowest BCUT2D eigenvalue weighted by Crippen LogP contribution is -2.38. The summed E-state index contributed by atoms with van der Waals surface area (Å²) in [6, 6.07) is 24.9. The van der Waals surface area contributed by atoms with Gasteiger partial charge in [0.05, 0.1) is 5.69 Å². The van der Waals surface area contributed by atoms with Crippen molar-refractivity contribution in [3.05, 3.63) is 91.3 Å². The van der Waals surface area contributed by atoms with Crippen LogP contribution in [0.1, 0.15) is 12.8 Å². The molecule has 0 atom stereocenters.